The Bertz CT molecular complexity index is 575. The molecule has 110 valence electrons. The highest BCUT2D eigenvalue weighted by molar-refractivity contribution is 5.82. The average molecular weight is 282 g/mol. The average Bonchev–Trinajstić information content (AvgIpc) is 2.54. The van der Waals surface area contributed by atoms with E-state index in [-0.39, 0.29) is 18.3 Å². The highest BCUT2D eigenvalue weighted by Crippen LogP contribution is 2.21. The van der Waals surface area contributed by atoms with Gasteiger partial charge in [-0.2, -0.15) is 0 Å². The molecule has 0 amide bonds. The number of benzene rings is 2. The predicted molar refractivity (Wildman–Crippen MR) is 85.6 cm³/mol. The Morgan fingerprint density at radius 2 is 1.71 bits per heavy atom. The summed E-state index contributed by atoms with van der Waals surface area (Å²) in [6.07, 6.45) is 1.67. The maximum Gasteiger partial charge on any atom is 0.172 e. The van der Waals surface area contributed by atoms with Gasteiger partial charge in [0.15, 0.2) is 5.78 Å². The molecule has 0 aliphatic rings. The zero-order valence-electron chi connectivity index (χ0n) is 12.7. The van der Waals surface area contributed by atoms with E-state index in [1.54, 1.807) is 0 Å². The zero-order chi connectivity index (χ0) is 15.1. The summed E-state index contributed by atoms with van der Waals surface area (Å²) in [6, 6.07) is 18.2. The van der Waals surface area contributed by atoms with Crippen LogP contribution in [0.2, 0.25) is 0 Å². The maximum atomic E-state index is 11.9. The van der Waals surface area contributed by atoms with Gasteiger partial charge in [0.25, 0.3) is 0 Å². The van der Waals surface area contributed by atoms with Crippen LogP contribution < -0.4 is 4.74 Å². The third-order valence-corrected chi connectivity index (χ3v) is 3.74. The van der Waals surface area contributed by atoms with Gasteiger partial charge in [0.1, 0.15) is 12.4 Å². The fraction of sp³-hybridized carbons (Fsp3) is 0.316. The normalized spacial score (nSPS) is 11.9. The van der Waals surface area contributed by atoms with Crippen molar-refractivity contribution < 1.29 is 9.53 Å². The number of para-hydroxylation sites is 1. The summed E-state index contributed by atoms with van der Waals surface area (Å²) in [5.74, 6) is 1.02. The lowest BCUT2D eigenvalue weighted by Gasteiger charge is -2.13. The van der Waals surface area contributed by atoms with Crippen LogP contribution in [0.15, 0.2) is 54.6 Å². The lowest BCUT2D eigenvalue weighted by molar-refractivity contribution is -0.124. The van der Waals surface area contributed by atoms with Gasteiger partial charge in [-0.1, -0.05) is 62.4 Å². The van der Waals surface area contributed by atoms with Gasteiger partial charge in [-0.25, -0.2) is 0 Å². The molecule has 0 radical (unpaired) electrons. The number of Topliss-reactive ketones (excluding diaryl/α,β-unsaturated/α-hetero) is 1. The van der Waals surface area contributed by atoms with E-state index in [1.807, 2.05) is 50.2 Å². The van der Waals surface area contributed by atoms with Crippen molar-refractivity contribution in [3.05, 3.63) is 65.7 Å². The van der Waals surface area contributed by atoms with Crippen molar-refractivity contribution in [1.29, 1.82) is 0 Å². The lowest BCUT2D eigenvalue weighted by Crippen LogP contribution is -2.19. The van der Waals surface area contributed by atoms with Crippen molar-refractivity contribution in [3.8, 4) is 5.75 Å². The first kappa shape index (κ1) is 15.3. The Balaban J connectivity index is 2.05. The molecule has 1 unspecified atom stereocenters. The Kier molecular flexibility index (Phi) is 5.56. The quantitative estimate of drug-likeness (QED) is 0.758. The summed E-state index contributed by atoms with van der Waals surface area (Å²) in [7, 11) is 0. The largest absolute Gasteiger partial charge is 0.486 e. The summed E-state index contributed by atoms with van der Waals surface area (Å²) in [6.45, 7) is 4.12. The summed E-state index contributed by atoms with van der Waals surface area (Å²) in [5, 5.41) is 0. The van der Waals surface area contributed by atoms with Gasteiger partial charge in [-0.3, -0.25) is 4.79 Å². The highest BCUT2D eigenvalue weighted by atomic mass is 16.5. The van der Waals surface area contributed by atoms with E-state index in [4.69, 9.17) is 4.74 Å². The summed E-state index contributed by atoms with van der Waals surface area (Å²) in [5.41, 5.74) is 2.35. The standard InChI is InChI=1S/C19H22O2/c1-3-15(2)18(20)14-21-19-12-8-7-11-17(19)13-16-9-5-4-6-10-16/h4-12,15H,3,13-14H2,1-2H3. The van der Waals surface area contributed by atoms with Crippen LogP contribution in [-0.2, 0) is 11.2 Å². The third-order valence-electron chi connectivity index (χ3n) is 3.74. The van der Waals surface area contributed by atoms with Crippen LogP contribution >= 0.6 is 0 Å². The van der Waals surface area contributed by atoms with E-state index in [0.717, 1.165) is 24.2 Å². The first-order valence-corrected chi connectivity index (χ1v) is 7.48. The zero-order valence-corrected chi connectivity index (χ0v) is 12.7. The molecule has 2 nitrogen and oxygen atoms in total. The molecule has 2 heteroatoms. The second-order valence-corrected chi connectivity index (χ2v) is 5.33. The third kappa shape index (κ3) is 4.45. The maximum absolute atomic E-state index is 11.9. The van der Waals surface area contributed by atoms with Crippen LogP contribution in [0.25, 0.3) is 0 Å². The molecule has 0 N–H and O–H groups in total. The number of ether oxygens (including phenoxy) is 1. The molecule has 21 heavy (non-hydrogen) atoms. The van der Waals surface area contributed by atoms with Gasteiger partial charge in [-0.05, 0) is 23.6 Å². The van der Waals surface area contributed by atoms with Gasteiger partial charge in [0, 0.05) is 12.3 Å². The van der Waals surface area contributed by atoms with Gasteiger partial charge in [-0.15, -0.1) is 0 Å². The van der Waals surface area contributed by atoms with Crippen LogP contribution in [0.5, 0.6) is 5.75 Å². The first-order valence-electron chi connectivity index (χ1n) is 7.48. The summed E-state index contributed by atoms with van der Waals surface area (Å²) >= 11 is 0. The number of carbonyl (C=O) groups excluding carboxylic acids is 1. The van der Waals surface area contributed by atoms with Crippen LogP contribution in [0.3, 0.4) is 0 Å². The molecule has 0 saturated carbocycles. The molecular formula is C19H22O2. The van der Waals surface area contributed by atoms with Crippen LogP contribution in [0.1, 0.15) is 31.4 Å². The number of hydrogen-bond donors (Lipinski definition) is 0. The molecule has 0 bridgehead atoms. The van der Waals surface area contributed by atoms with Crippen molar-refractivity contribution in [1.82, 2.24) is 0 Å². The molecule has 2 aromatic carbocycles. The van der Waals surface area contributed by atoms with E-state index < -0.39 is 0 Å². The van der Waals surface area contributed by atoms with Crippen molar-refractivity contribution in [2.45, 2.75) is 26.7 Å². The fourth-order valence-corrected chi connectivity index (χ4v) is 2.13. The Morgan fingerprint density at radius 3 is 2.43 bits per heavy atom. The molecule has 0 saturated heterocycles. The van der Waals surface area contributed by atoms with E-state index in [0.29, 0.717) is 0 Å². The van der Waals surface area contributed by atoms with Crippen molar-refractivity contribution in [3.63, 3.8) is 0 Å². The van der Waals surface area contributed by atoms with Gasteiger partial charge in [0.2, 0.25) is 0 Å². The van der Waals surface area contributed by atoms with Crippen molar-refractivity contribution >= 4 is 5.78 Å². The molecule has 0 aliphatic carbocycles. The molecular weight excluding hydrogens is 260 g/mol. The molecule has 2 rings (SSSR count). The van der Waals surface area contributed by atoms with Crippen molar-refractivity contribution in [2.24, 2.45) is 5.92 Å². The number of ketones is 1. The van der Waals surface area contributed by atoms with Gasteiger partial charge in [0.05, 0.1) is 0 Å². The molecule has 0 fully saturated rings. The Morgan fingerprint density at radius 1 is 1.05 bits per heavy atom. The molecule has 0 heterocycles. The number of carbonyl (C=O) groups is 1. The molecule has 2 aromatic rings. The molecule has 1 atom stereocenters. The monoisotopic (exact) mass is 282 g/mol. The van der Waals surface area contributed by atoms with Crippen LogP contribution in [0, 0.1) is 5.92 Å². The topological polar surface area (TPSA) is 26.3 Å². The van der Waals surface area contributed by atoms with E-state index in [2.05, 4.69) is 18.2 Å². The second kappa shape index (κ2) is 7.63. The minimum absolute atomic E-state index is 0.0614. The second-order valence-electron chi connectivity index (χ2n) is 5.33. The predicted octanol–water partition coefficient (Wildman–Crippen LogP) is 4.27. The summed E-state index contributed by atoms with van der Waals surface area (Å²) in [4.78, 5) is 11.9. The van der Waals surface area contributed by atoms with Crippen LogP contribution in [-0.4, -0.2) is 12.4 Å². The minimum atomic E-state index is 0.0614. The number of rotatable bonds is 7. The molecule has 0 spiro atoms. The van der Waals surface area contributed by atoms with E-state index in [9.17, 15) is 4.79 Å². The van der Waals surface area contributed by atoms with E-state index >= 15 is 0 Å². The van der Waals surface area contributed by atoms with Crippen LogP contribution in [0.4, 0.5) is 0 Å². The molecule has 0 aromatic heterocycles. The minimum Gasteiger partial charge on any atom is -0.486 e. The first-order chi connectivity index (χ1) is 10.2. The highest BCUT2D eigenvalue weighted by Gasteiger charge is 2.12. The lowest BCUT2D eigenvalue weighted by atomic mass is 10.0. The van der Waals surface area contributed by atoms with Crippen molar-refractivity contribution in [2.75, 3.05) is 6.61 Å². The molecule has 0 aliphatic heterocycles. The Labute approximate surface area is 126 Å². The SMILES string of the molecule is CCC(C)C(=O)COc1ccccc1Cc1ccccc1. The van der Waals surface area contributed by atoms with Gasteiger partial charge < -0.3 is 4.74 Å². The number of hydrogen-bond acceptors (Lipinski definition) is 2. The van der Waals surface area contributed by atoms with E-state index in [1.165, 1.54) is 5.56 Å². The van der Waals surface area contributed by atoms with Gasteiger partial charge >= 0.3 is 0 Å². The summed E-state index contributed by atoms with van der Waals surface area (Å²) < 4.78 is 5.74. The Hall–Kier alpha value is -2.09. The smallest absolute Gasteiger partial charge is 0.172 e. The fourth-order valence-electron chi connectivity index (χ4n) is 2.13.